The van der Waals surface area contributed by atoms with Gasteiger partial charge in [0.1, 0.15) is 0 Å². The van der Waals surface area contributed by atoms with Crippen LogP contribution in [0.2, 0.25) is 0 Å². The van der Waals surface area contributed by atoms with E-state index in [4.69, 9.17) is 0 Å². The second kappa shape index (κ2) is 6.87. The van der Waals surface area contributed by atoms with Gasteiger partial charge in [-0.3, -0.25) is 10.1 Å². The molecule has 4 nitrogen and oxygen atoms in total. The van der Waals surface area contributed by atoms with E-state index < -0.39 is 0 Å². The van der Waals surface area contributed by atoms with Gasteiger partial charge in [-0.25, -0.2) is 4.98 Å². The van der Waals surface area contributed by atoms with Crippen molar-refractivity contribution >= 4 is 27.4 Å². The predicted octanol–water partition coefficient (Wildman–Crippen LogP) is 1.31. The Balaban J connectivity index is 0.00000182. The molecule has 0 saturated carbocycles. The number of nitrogens with zero attached hydrogens (tertiary/aromatic N) is 1. The Morgan fingerprint density at radius 1 is 0.920 bits per heavy atom. The summed E-state index contributed by atoms with van der Waals surface area (Å²) in [6.07, 6.45) is 2.68. The lowest BCUT2D eigenvalue weighted by Crippen LogP contribution is -3.00. The first-order valence-electron chi connectivity index (χ1n) is 7.77. The van der Waals surface area contributed by atoms with Crippen molar-refractivity contribution in [2.24, 2.45) is 0 Å². The minimum absolute atomic E-state index is 0. The van der Waals surface area contributed by atoms with Crippen LogP contribution in [-0.2, 0) is 6.42 Å². The van der Waals surface area contributed by atoms with Crippen molar-refractivity contribution in [3.63, 3.8) is 0 Å². The van der Waals surface area contributed by atoms with Crippen molar-refractivity contribution in [3.05, 3.63) is 94.2 Å². The summed E-state index contributed by atoms with van der Waals surface area (Å²) in [4.78, 5) is 13.7. The normalized spacial score (nSPS) is 10.6. The van der Waals surface area contributed by atoms with Gasteiger partial charge < -0.3 is 12.4 Å². The highest BCUT2D eigenvalue weighted by Crippen LogP contribution is 2.27. The molecule has 1 aromatic heterocycles. The first-order chi connectivity index (χ1) is 11.7. The van der Waals surface area contributed by atoms with E-state index in [9.17, 15) is 10.1 Å². The van der Waals surface area contributed by atoms with Crippen LogP contribution in [0, 0.1) is 10.1 Å². The summed E-state index contributed by atoms with van der Waals surface area (Å²) < 4.78 is 0. The summed E-state index contributed by atoms with van der Waals surface area (Å²) in [5.74, 6) is 0. The number of benzene rings is 3. The highest BCUT2D eigenvalue weighted by Gasteiger charge is 2.11. The third kappa shape index (κ3) is 3.16. The first kappa shape index (κ1) is 16.9. The fourth-order valence-corrected chi connectivity index (χ4v) is 3.16. The third-order valence-electron chi connectivity index (χ3n) is 4.32. The number of non-ortho nitro benzene ring substituents is 1. The quantitative estimate of drug-likeness (QED) is 0.318. The van der Waals surface area contributed by atoms with Crippen LogP contribution >= 0.6 is 0 Å². The van der Waals surface area contributed by atoms with Gasteiger partial charge in [-0.1, -0.05) is 36.4 Å². The van der Waals surface area contributed by atoms with E-state index in [0.717, 1.165) is 17.5 Å². The molecule has 1 N–H and O–H groups in total. The van der Waals surface area contributed by atoms with Crippen molar-refractivity contribution in [1.82, 2.24) is 0 Å². The van der Waals surface area contributed by atoms with Gasteiger partial charge in [0, 0.05) is 24.3 Å². The number of nitro benzene ring substituents is 1. The number of pyridine rings is 1. The summed E-state index contributed by atoms with van der Waals surface area (Å²) >= 11 is 0. The number of nitrogens with one attached hydrogen (secondary N) is 1. The van der Waals surface area contributed by atoms with E-state index in [1.54, 1.807) is 12.1 Å². The summed E-state index contributed by atoms with van der Waals surface area (Å²) in [7, 11) is 0. The molecule has 0 bridgehead atoms. The molecule has 25 heavy (non-hydrogen) atoms. The van der Waals surface area contributed by atoms with E-state index in [2.05, 4.69) is 35.3 Å². The van der Waals surface area contributed by atoms with Gasteiger partial charge >= 0.3 is 0 Å². The Morgan fingerprint density at radius 3 is 2.44 bits per heavy atom. The lowest BCUT2D eigenvalue weighted by Gasteiger charge is -2.07. The lowest BCUT2D eigenvalue weighted by molar-refractivity contribution is -0.384. The zero-order chi connectivity index (χ0) is 16.5. The Kier molecular flexibility index (Phi) is 4.63. The number of halogens is 1. The molecule has 0 radical (unpaired) electrons. The zero-order valence-corrected chi connectivity index (χ0v) is 14.0. The standard InChI is InChI=1S/C20H14N2O2.ClH/c23-22(24)17-8-5-14(6-9-17)13-16-11-12-21-19-10-7-15-3-1-2-4-18(15)20(16)19;/h1-12H,13H2;1H. The van der Waals surface area contributed by atoms with Crippen LogP contribution in [0.5, 0.6) is 0 Å². The number of aromatic amines is 1. The summed E-state index contributed by atoms with van der Waals surface area (Å²) in [5, 5.41) is 14.4. The van der Waals surface area contributed by atoms with Crippen LogP contribution < -0.4 is 17.4 Å². The van der Waals surface area contributed by atoms with Crippen LogP contribution in [0.25, 0.3) is 21.7 Å². The second-order valence-electron chi connectivity index (χ2n) is 5.81. The molecule has 0 amide bonds. The molecule has 5 heteroatoms. The predicted molar refractivity (Wildman–Crippen MR) is 93.9 cm³/mol. The van der Waals surface area contributed by atoms with Crippen molar-refractivity contribution in [2.45, 2.75) is 6.42 Å². The van der Waals surface area contributed by atoms with Crippen LogP contribution in [0.1, 0.15) is 11.1 Å². The molecule has 1 heterocycles. The molecule has 0 fully saturated rings. The number of rotatable bonds is 3. The third-order valence-corrected chi connectivity index (χ3v) is 4.32. The topological polar surface area (TPSA) is 57.3 Å². The Labute approximate surface area is 150 Å². The SMILES string of the molecule is O=[N+]([O-])c1ccc(Cc2cc[nH+]c3ccc4ccccc4c23)cc1.[Cl-]. The Morgan fingerprint density at radius 2 is 1.68 bits per heavy atom. The molecule has 0 saturated heterocycles. The van der Waals surface area contributed by atoms with Crippen LogP contribution in [0.15, 0.2) is 72.9 Å². The molecular formula is C20H15ClN2O2. The fraction of sp³-hybridized carbons (Fsp3) is 0.0500. The van der Waals surface area contributed by atoms with Gasteiger partial charge in [0.15, 0.2) is 6.20 Å². The van der Waals surface area contributed by atoms with Crippen molar-refractivity contribution in [2.75, 3.05) is 0 Å². The number of hydrogen-bond donors (Lipinski definition) is 0. The summed E-state index contributed by atoms with van der Waals surface area (Å²) in [6, 6.07) is 21.4. The lowest BCUT2D eigenvalue weighted by atomic mass is 9.97. The van der Waals surface area contributed by atoms with Gasteiger partial charge in [0.25, 0.3) is 5.69 Å². The van der Waals surface area contributed by atoms with Gasteiger partial charge in [0.2, 0.25) is 5.52 Å². The van der Waals surface area contributed by atoms with Gasteiger partial charge in [-0.2, -0.15) is 0 Å². The number of nitro groups is 1. The van der Waals surface area contributed by atoms with E-state index in [-0.39, 0.29) is 23.0 Å². The molecule has 4 aromatic rings. The van der Waals surface area contributed by atoms with E-state index >= 15 is 0 Å². The molecule has 0 aliphatic carbocycles. The highest BCUT2D eigenvalue weighted by molar-refractivity contribution is 6.06. The number of fused-ring (bicyclic) bond motifs is 3. The van der Waals surface area contributed by atoms with Gasteiger partial charge in [-0.05, 0) is 34.4 Å². The van der Waals surface area contributed by atoms with Gasteiger partial charge in [0.05, 0.1) is 10.3 Å². The molecule has 124 valence electrons. The minimum atomic E-state index is -0.371. The molecule has 0 aliphatic heterocycles. The number of hydrogen-bond acceptors (Lipinski definition) is 2. The molecule has 0 unspecified atom stereocenters. The molecule has 0 spiro atoms. The maximum Gasteiger partial charge on any atom is 0.269 e. The smallest absolute Gasteiger partial charge is 0.269 e. The van der Waals surface area contributed by atoms with Crippen molar-refractivity contribution in [3.8, 4) is 0 Å². The highest BCUT2D eigenvalue weighted by atomic mass is 35.5. The van der Waals surface area contributed by atoms with Gasteiger partial charge in [-0.15, -0.1) is 0 Å². The minimum Gasteiger partial charge on any atom is -1.00 e. The fourth-order valence-electron chi connectivity index (χ4n) is 3.16. The maximum absolute atomic E-state index is 10.8. The summed E-state index contributed by atoms with van der Waals surface area (Å²) in [5.41, 5.74) is 3.47. The number of H-pyrrole nitrogens is 1. The van der Waals surface area contributed by atoms with E-state index in [1.165, 1.54) is 21.7 Å². The average Bonchev–Trinajstić information content (AvgIpc) is 2.62. The Bertz CT molecular complexity index is 1060. The number of aromatic nitrogens is 1. The molecule has 0 atom stereocenters. The summed E-state index contributed by atoms with van der Waals surface area (Å²) in [6.45, 7) is 0. The Hall–Kier alpha value is -2.98. The monoisotopic (exact) mass is 350 g/mol. The van der Waals surface area contributed by atoms with E-state index in [1.807, 2.05) is 30.5 Å². The van der Waals surface area contributed by atoms with Crippen LogP contribution in [0.4, 0.5) is 5.69 Å². The molecule has 3 aromatic carbocycles. The van der Waals surface area contributed by atoms with Crippen molar-refractivity contribution < 1.29 is 22.3 Å². The van der Waals surface area contributed by atoms with E-state index in [0.29, 0.717) is 0 Å². The van der Waals surface area contributed by atoms with Crippen LogP contribution in [0.3, 0.4) is 0 Å². The van der Waals surface area contributed by atoms with Crippen LogP contribution in [-0.4, -0.2) is 4.92 Å². The average molecular weight is 351 g/mol. The molecule has 0 aliphatic rings. The zero-order valence-electron chi connectivity index (χ0n) is 13.3. The first-order valence-corrected chi connectivity index (χ1v) is 7.77. The van der Waals surface area contributed by atoms with Crippen molar-refractivity contribution in [1.29, 1.82) is 0 Å². The largest absolute Gasteiger partial charge is 1.00 e. The second-order valence-corrected chi connectivity index (χ2v) is 5.81. The molecule has 4 rings (SSSR count). The maximum atomic E-state index is 10.8. The molecular weight excluding hydrogens is 336 g/mol.